The van der Waals surface area contributed by atoms with Gasteiger partial charge in [0, 0.05) is 16.9 Å². The van der Waals surface area contributed by atoms with Crippen LogP contribution in [0.2, 0.25) is 0 Å². The molecule has 0 aromatic heterocycles. The lowest BCUT2D eigenvalue weighted by Crippen LogP contribution is -2.40. The second-order valence-electron chi connectivity index (χ2n) is 7.12. The topological polar surface area (TPSA) is 41.1 Å². The third-order valence-electron chi connectivity index (χ3n) is 4.46. The molecule has 2 atom stereocenters. The van der Waals surface area contributed by atoms with Gasteiger partial charge in [-0.3, -0.25) is 4.79 Å². The van der Waals surface area contributed by atoms with Gasteiger partial charge in [-0.05, 0) is 68.3 Å². The van der Waals surface area contributed by atoms with E-state index in [1.54, 1.807) is 0 Å². The summed E-state index contributed by atoms with van der Waals surface area (Å²) in [6.45, 7) is 7.32. The molecular formula is C19H30BrClN2O. The second kappa shape index (κ2) is 11.1. The Morgan fingerprint density at radius 3 is 2.83 bits per heavy atom. The third-order valence-corrected chi connectivity index (χ3v) is 4.96. The number of rotatable bonds is 7. The van der Waals surface area contributed by atoms with Crippen LogP contribution in [0, 0.1) is 17.8 Å². The van der Waals surface area contributed by atoms with Gasteiger partial charge in [-0.2, -0.15) is 0 Å². The molecule has 136 valence electrons. The summed E-state index contributed by atoms with van der Waals surface area (Å²) in [5.41, 5.74) is 1.22. The number of carbonyl (C=O) groups excluding carboxylic acids is 1. The highest BCUT2D eigenvalue weighted by Crippen LogP contribution is 2.20. The van der Waals surface area contributed by atoms with E-state index in [2.05, 4.69) is 52.5 Å². The summed E-state index contributed by atoms with van der Waals surface area (Å²) in [6, 6.07) is 8.29. The van der Waals surface area contributed by atoms with Crippen molar-refractivity contribution in [2.24, 2.45) is 17.8 Å². The van der Waals surface area contributed by atoms with Crippen molar-refractivity contribution in [3.63, 3.8) is 0 Å². The van der Waals surface area contributed by atoms with Crippen molar-refractivity contribution in [3.8, 4) is 0 Å². The van der Waals surface area contributed by atoms with E-state index in [1.807, 2.05) is 12.1 Å². The highest BCUT2D eigenvalue weighted by atomic mass is 79.9. The van der Waals surface area contributed by atoms with E-state index in [4.69, 9.17) is 0 Å². The van der Waals surface area contributed by atoms with Crippen LogP contribution in [0.3, 0.4) is 0 Å². The molecule has 1 aliphatic heterocycles. The Hall–Kier alpha value is -0.580. The number of benzene rings is 1. The van der Waals surface area contributed by atoms with E-state index in [0.29, 0.717) is 11.8 Å². The van der Waals surface area contributed by atoms with E-state index in [1.165, 1.54) is 18.4 Å². The van der Waals surface area contributed by atoms with E-state index in [-0.39, 0.29) is 24.2 Å². The number of halogens is 2. The number of amides is 1. The van der Waals surface area contributed by atoms with E-state index >= 15 is 0 Å². The van der Waals surface area contributed by atoms with Gasteiger partial charge in [0.2, 0.25) is 5.91 Å². The molecule has 0 spiro atoms. The Morgan fingerprint density at radius 1 is 1.42 bits per heavy atom. The van der Waals surface area contributed by atoms with Crippen molar-refractivity contribution in [1.82, 2.24) is 10.6 Å². The van der Waals surface area contributed by atoms with Crippen LogP contribution in [0.5, 0.6) is 0 Å². The van der Waals surface area contributed by atoms with Crippen LogP contribution in [0.25, 0.3) is 0 Å². The molecule has 2 rings (SSSR count). The Labute approximate surface area is 160 Å². The van der Waals surface area contributed by atoms with Crippen molar-refractivity contribution in [1.29, 1.82) is 0 Å². The fourth-order valence-corrected chi connectivity index (χ4v) is 3.73. The zero-order valence-corrected chi connectivity index (χ0v) is 17.1. The molecule has 24 heavy (non-hydrogen) atoms. The van der Waals surface area contributed by atoms with Gasteiger partial charge < -0.3 is 10.6 Å². The Balaban J connectivity index is 0.00000288. The standard InChI is InChI=1S/C19H29BrN2O.ClH/c1-14(2)9-17(10-15-5-3-7-18(20)11-15)19(23)22-13-16-6-4-8-21-12-16;/h3,5,7,11,14,16-17,21H,4,6,8-10,12-13H2,1-2H3,(H,22,23);1H. The minimum absolute atomic E-state index is 0. The molecule has 1 heterocycles. The third kappa shape index (κ3) is 7.54. The molecule has 0 saturated carbocycles. The molecule has 2 N–H and O–H groups in total. The highest BCUT2D eigenvalue weighted by Gasteiger charge is 2.22. The first kappa shape index (κ1) is 21.5. The van der Waals surface area contributed by atoms with Gasteiger partial charge in [-0.1, -0.05) is 41.9 Å². The average Bonchev–Trinajstić information content (AvgIpc) is 2.52. The van der Waals surface area contributed by atoms with Crippen LogP contribution >= 0.6 is 28.3 Å². The smallest absolute Gasteiger partial charge is 0.223 e. The number of hydrogen-bond donors (Lipinski definition) is 2. The fraction of sp³-hybridized carbons (Fsp3) is 0.632. The van der Waals surface area contributed by atoms with Crippen LogP contribution in [0.15, 0.2) is 28.7 Å². The fourth-order valence-electron chi connectivity index (χ4n) is 3.29. The van der Waals surface area contributed by atoms with Gasteiger partial charge in [0.1, 0.15) is 0 Å². The highest BCUT2D eigenvalue weighted by molar-refractivity contribution is 9.10. The molecule has 1 amide bonds. The summed E-state index contributed by atoms with van der Waals surface area (Å²) < 4.78 is 1.08. The second-order valence-corrected chi connectivity index (χ2v) is 8.03. The van der Waals surface area contributed by atoms with Crippen LogP contribution in [0.1, 0.15) is 38.7 Å². The monoisotopic (exact) mass is 416 g/mol. The van der Waals surface area contributed by atoms with Crippen LogP contribution < -0.4 is 10.6 Å². The molecule has 3 nitrogen and oxygen atoms in total. The largest absolute Gasteiger partial charge is 0.356 e. The zero-order chi connectivity index (χ0) is 16.7. The molecule has 1 aromatic rings. The molecule has 0 bridgehead atoms. The maximum atomic E-state index is 12.7. The molecule has 1 saturated heterocycles. The van der Waals surface area contributed by atoms with Crippen molar-refractivity contribution in [2.75, 3.05) is 19.6 Å². The summed E-state index contributed by atoms with van der Waals surface area (Å²) in [4.78, 5) is 12.7. The lowest BCUT2D eigenvalue weighted by atomic mass is 9.90. The molecule has 0 radical (unpaired) electrons. The lowest BCUT2D eigenvalue weighted by molar-refractivity contribution is -0.125. The zero-order valence-electron chi connectivity index (χ0n) is 14.7. The van der Waals surface area contributed by atoms with Gasteiger partial charge in [-0.15, -0.1) is 12.4 Å². The number of carbonyl (C=O) groups is 1. The summed E-state index contributed by atoms with van der Waals surface area (Å²) in [5, 5.41) is 6.61. The van der Waals surface area contributed by atoms with Crippen molar-refractivity contribution in [2.45, 2.75) is 39.5 Å². The van der Waals surface area contributed by atoms with E-state index in [9.17, 15) is 4.79 Å². The average molecular weight is 418 g/mol. The number of nitrogens with one attached hydrogen (secondary N) is 2. The van der Waals surface area contributed by atoms with E-state index < -0.39 is 0 Å². The number of hydrogen-bond acceptors (Lipinski definition) is 2. The maximum Gasteiger partial charge on any atom is 0.223 e. The number of piperidine rings is 1. The Bertz CT molecular complexity index is 504. The van der Waals surface area contributed by atoms with Gasteiger partial charge in [0.25, 0.3) is 0 Å². The predicted octanol–water partition coefficient (Wildman–Crippen LogP) is 4.19. The van der Waals surface area contributed by atoms with Crippen LogP contribution in [0.4, 0.5) is 0 Å². The summed E-state index contributed by atoms with van der Waals surface area (Å²) in [6.07, 6.45) is 4.18. The SMILES string of the molecule is CC(C)CC(Cc1cccc(Br)c1)C(=O)NCC1CCCNC1.Cl. The quantitative estimate of drug-likeness (QED) is 0.698. The first-order valence-electron chi connectivity index (χ1n) is 8.77. The molecule has 0 aliphatic carbocycles. The summed E-state index contributed by atoms with van der Waals surface area (Å²) in [7, 11) is 0. The predicted molar refractivity (Wildman–Crippen MR) is 107 cm³/mol. The van der Waals surface area contributed by atoms with Crippen molar-refractivity contribution in [3.05, 3.63) is 34.3 Å². The Morgan fingerprint density at radius 2 is 2.21 bits per heavy atom. The molecule has 1 aromatic carbocycles. The molecular weight excluding hydrogens is 388 g/mol. The first-order valence-corrected chi connectivity index (χ1v) is 9.56. The molecule has 1 fully saturated rings. The minimum atomic E-state index is 0. The van der Waals surface area contributed by atoms with Gasteiger partial charge in [0.05, 0.1) is 0 Å². The van der Waals surface area contributed by atoms with Crippen molar-refractivity contribution >= 4 is 34.2 Å². The molecule has 5 heteroatoms. The molecule has 1 aliphatic rings. The summed E-state index contributed by atoms with van der Waals surface area (Å²) >= 11 is 3.52. The minimum Gasteiger partial charge on any atom is -0.356 e. The summed E-state index contributed by atoms with van der Waals surface area (Å²) in [5.74, 6) is 1.37. The lowest BCUT2D eigenvalue weighted by Gasteiger charge is -2.25. The van der Waals surface area contributed by atoms with Gasteiger partial charge >= 0.3 is 0 Å². The first-order chi connectivity index (χ1) is 11.0. The molecule has 2 unspecified atom stereocenters. The maximum absolute atomic E-state index is 12.7. The normalized spacial score (nSPS) is 18.8. The Kier molecular flexibility index (Phi) is 9.94. The van der Waals surface area contributed by atoms with Crippen LogP contribution in [-0.4, -0.2) is 25.5 Å². The van der Waals surface area contributed by atoms with Gasteiger partial charge in [-0.25, -0.2) is 0 Å². The van der Waals surface area contributed by atoms with Crippen LogP contribution in [-0.2, 0) is 11.2 Å². The van der Waals surface area contributed by atoms with E-state index in [0.717, 1.165) is 36.9 Å². The van der Waals surface area contributed by atoms with Crippen molar-refractivity contribution < 1.29 is 4.79 Å². The van der Waals surface area contributed by atoms with Gasteiger partial charge in [0.15, 0.2) is 0 Å².